The number of nitrogens with two attached hydrogens (primary N) is 1. The third-order valence-corrected chi connectivity index (χ3v) is 3.58. The van der Waals surface area contributed by atoms with Gasteiger partial charge in [-0.1, -0.05) is 24.4 Å². The Morgan fingerprint density at radius 2 is 2.33 bits per heavy atom. The summed E-state index contributed by atoms with van der Waals surface area (Å²) in [6.45, 7) is 3.69. The third-order valence-electron chi connectivity index (χ3n) is 3.35. The van der Waals surface area contributed by atoms with Gasteiger partial charge >= 0.3 is 0 Å². The Morgan fingerprint density at radius 1 is 1.48 bits per heavy atom. The molecule has 1 amide bonds. The molecule has 5 nitrogen and oxygen atoms in total. The van der Waals surface area contributed by atoms with Crippen molar-refractivity contribution in [2.75, 3.05) is 32.8 Å². The number of nitrogens with one attached hydrogen (secondary N) is 1. The van der Waals surface area contributed by atoms with Gasteiger partial charge in [-0.25, -0.2) is 0 Å². The first kappa shape index (κ1) is 15.7. The van der Waals surface area contributed by atoms with Crippen molar-refractivity contribution in [3.05, 3.63) is 29.8 Å². The number of benzene rings is 1. The van der Waals surface area contributed by atoms with Crippen molar-refractivity contribution in [1.82, 2.24) is 10.2 Å². The van der Waals surface area contributed by atoms with Gasteiger partial charge in [0, 0.05) is 25.2 Å². The highest BCUT2D eigenvalue weighted by molar-refractivity contribution is 7.80. The highest BCUT2D eigenvalue weighted by Gasteiger charge is 2.13. The molecule has 0 spiro atoms. The number of thiocarbonyl (C=S) groups is 1. The Balaban J connectivity index is 1.73. The molecule has 114 valence electrons. The van der Waals surface area contributed by atoms with Crippen molar-refractivity contribution in [3.63, 3.8) is 0 Å². The van der Waals surface area contributed by atoms with Crippen LogP contribution in [0.1, 0.15) is 18.4 Å². The van der Waals surface area contributed by atoms with E-state index in [4.69, 9.17) is 22.7 Å². The molecule has 1 aliphatic heterocycles. The van der Waals surface area contributed by atoms with E-state index in [1.165, 1.54) is 0 Å². The lowest BCUT2D eigenvalue weighted by molar-refractivity contribution is -0.121. The fourth-order valence-electron chi connectivity index (χ4n) is 2.28. The molecule has 6 heteroatoms. The van der Waals surface area contributed by atoms with E-state index in [1.807, 2.05) is 24.3 Å². The van der Waals surface area contributed by atoms with Crippen LogP contribution in [0.25, 0.3) is 0 Å². The van der Waals surface area contributed by atoms with E-state index < -0.39 is 0 Å². The Labute approximate surface area is 130 Å². The minimum Gasteiger partial charge on any atom is -0.494 e. The number of amides is 1. The fraction of sp³-hybridized carbons (Fsp3) is 0.467. The number of hydrogen-bond donors (Lipinski definition) is 2. The first-order valence-corrected chi connectivity index (χ1v) is 7.58. The Bertz CT molecular complexity index is 507. The maximum absolute atomic E-state index is 11.4. The van der Waals surface area contributed by atoms with Gasteiger partial charge in [0.05, 0.1) is 13.2 Å². The lowest BCUT2D eigenvalue weighted by Gasteiger charge is -2.18. The molecule has 0 atom stereocenters. The van der Waals surface area contributed by atoms with Crippen molar-refractivity contribution in [2.45, 2.75) is 12.8 Å². The molecule has 1 aromatic rings. The van der Waals surface area contributed by atoms with E-state index >= 15 is 0 Å². The summed E-state index contributed by atoms with van der Waals surface area (Å²) in [4.78, 5) is 14.0. The van der Waals surface area contributed by atoms with E-state index in [9.17, 15) is 4.79 Å². The van der Waals surface area contributed by atoms with Crippen molar-refractivity contribution in [1.29, 1.82) is 0 Å². The Morgan fingerprint density at radius 3 is 3.14 bits per heavy atom. The molecule has 0 unspecified atom stereocenters. The summed E-state index contributed by atoms with van der Waals surface area (Å²) in [5, 5.41) is 2.87. The fourth-order valence-corrected chi connectivity index (χ4v) is 2.40. The quantitative estimate of drug-likeness (QED) is 0.604. The summed E-state index contributed by atoms with van der Waals surface area (Å²) in [5.74, 6) is 0.881. The zero-order valence-corrected chi connectivity index (χ0v) is 12.8. The summed E-state index contributed by atoms with van der Waals surface area (Å²) >= 11 is 4.94. The largest absolute Gasteiger partial charge is 0.494 e. The molecule has 0 aliphatic carbocycles. The summed E-state index contributed by atoms with van der Waals surface area (Å²) in [5.41, 5.74) is 6.41. The summed E-state index contributed by atoms with van der Waals surface area (Å²) in [7, 11) is 0. The summed E-state index contributed by atoms with van der Waals surface area (Å²) in [6.07, 6.45) is 1.88. The van der Waals surface area contributed by atoms with Gasteiger partial charge in [0.2, 0.25) is 5.91 Å². The van der Waals surface area contributed by atoms with Gasteiger partial charge < -0.3 is 15.8 Å². The standard InChI is InChI=1S/C15H21N3O2S/c16-15(21)12-4-1-5-13(10-12)20-9-3-8-18-7-2-6-17-14(19)11-18/h1,4-5,10H,2-3,6-9,11H2,(H2,16,21)(H,17,19). The molecule has 3 N–H and O–H groups in total. The second-order valence-corrected chi connectivity index (χ2v) is 5.51. The van der Waals surface area contributed by atoms with Crippen LogP contribution >= 0.6 is 12.2 Å². The average molecular weight is 307 g/mol. The van der Waals surface area contributed by atoms with Gasteiger partial charge in [-0.3, -0.25) is 9.69 Å². The lowest BCUT2D eigenvalue weighted by Crippen LogP contribution is -2.34. The van der Waals surface area contributed by atoms with Gasteiger partial charge in [-0.05, 0) is 25.0 Å². The monoisotopic (exact) mass is 307 g/mol. The molecule has 0 bridgehead atoms. The lowest BCUT2D eigenvalue weighted by atomic mass is 10.2. The van der Waals surface area contributed by atoms with E-state index in [0.29, 0.717) is 18.1 Å². The zero-order chi connectivity index (χ0) is 15.1. The van der Waals surface area contributed by atoms with Crippen LogP contribution in [0, 0.1) is 0 Å². The first-order valence-electron chi connectivity index (χ1n) is 7.17. The number of carbonyl (C=O) groups is 1. The van der Waals surface area contributed by atoms with Crippen molar-refractivity contribution >= 4 is 23.1 Å². The molecular weight excluding hydrogens is 286 g/mol. The van der Waals surface area contributed by atoms with Gasteiger partial charge in [-0.15, -0.1) is 0 Å². The SMILES string of the molecule is NC(=S)c1cccc(OCCCN2CCCNC(=O)C2)c1. The van der Waals surface area contributed by atoms with E-state index in [1.54, 1.807) is 0 Å². The van der Waals surface area contributed by atoms with Crippen LogP contribution in [0.4, 0.5) is 0 Å². The van der Waals surface area contributed by atoms with Crippen molar-refractivity contribution in [2.24, 2.45) is 5.73 Å². The van der Waals surface area contributed by atoms with Gasteiger partial charge in [0.15, 0.2) is 0 Å². The number of rotatable bonds is 6. The van der Waals surface area contributed by atoms with E-state index in [2.05, 4.69) is 10.2 Å². The van der Waals surface area contributed by atoms with E-state index in [-0.39, 0.29) is 5.91 Å². The molecule has 0 saturated carbocycles. The molecule has 1 aliphatic rings. The highest BCUT2D eigenvalue weighted by Crippen LogP contribution is 2.13. The number of nitrogens with zero attached hydrogens (tertiary/aromatic N) is 1. The van der Waals surface area contributed by atoms with Crippen molar-refractivity contribution < 1.29 is 9.53 Å². The van der Waals surface area contributed by atoms with Crippen LogP contribution < -0.4 is 15.8 Å². The molecular formula is C15H21N3O2S. The van der Waals surface area contributed by atoms with Crippen LogP contribution in [0.3, 0.4) is 0 Å². The summed E-state index contributed by atoms with van der Waals surface area (Å²) < 4.78 is 5.70. The minimum atomic E-state index is 0.109. The third kappa shape index (κ3) is 5.32. The normalized spacial score (nSPS) is 16.1. The van der Waals surface area contributed by atoms with Gasteiger partial charge in [0.1, 0.15) is 10.7 Å². The molecule has 0 aromatic heterocycles. The average Bonchev–Trinajstić information content (AvgIpc) is 2.68. The molecule has 2 rings (SSSR count). The van der Waals surface area contributed by atoms with Crippen LogP contribution in [0.5, 0.6) is 5.75 Å². The predicted octanol–water partition coefficient (Wildman–Crippen LogP) is 0.912. The van der Waals surface area contributed by atoms with Crippen LogP contribution in [-0.4, -0.2) is 48.6 Å². The second-order valence-electron chi connectivity index (χ2n) is 5.07. The maximum atomic E-state index is 11.4. The maximum Gasteiger partial charge on any atom is 0.234 e. The number of ether oxygens (including phenoxy) is 1. The number of carbonyl (C=O) groups excluding carboxylic acids is 1. The Hall–Kier alpha value is -1.66. The predicted molar refractivity (Wildman–Crippen MR) is 86.5 cm³/mol. The first-order chi connectivity index (χ1) is 10.1. The molecule has 21 heavy (non-hydrogen) atoms. The van der Waals surface area contributed by atoms with Crippen LogP contribution in [0.2, 0.25) is 0 Å². The molecule has 1 fully saturated rings. The molecule has 0 radical (unpaired) electrons. The van der Waals surface area contributed by atoms with Crippen molar-refractivity contribution in [3.8, 4) is 5.75 Å². The zero-order valence-electron chi connectivity index (χ0n) is 12.0. The highest BCUT2D eigenvalue weighted by atomic mass is 32.1. The minimum absolute atomic E-state index is 0.109. The van der Waals surface area contributed by atoms with Gasteiger partial charge in [-0.2, -0.15) is 0 Å². The number of hydrogen-bond acceptors (Lipinski definition) is 4. The molecule has 1 heterocycles. The van der Waals surface area contributed by atoms with Crippen LogP contribution in [0.15, 0.2) is 24.3 Å². The second kappa shape index (κ2) is 7.95. The van der Waals surface area contributed by atoms with Crippen LogP contribution in [-0.2, 0) is 4.79 Å². The summed E-state index contributed by atoms with van der Waals surface area (Å²) in [6, 6.07) is 7.48. The smallest absolute Gasteiger partial charge is 0.234 e. The molecule has 1 aromatic carbocycles. The Kier molecular flexibility index (Phi) is 5.95. The topological polar surface area (TPSA) is 67.6 Å². The molecule has 1 saturated heterocycles. The van der Waals surface area contributed by atoms with Gasteiger partial charge in [0.25, 0.3) is 0 Å². The van der Waals surface area contributed by atoms with E-state index in [0.717, 1.165) is 43.8 Å².